The lowest BCUT2D eigenvalue weighted by atomic mass is 10.0. The average Bonchev–Trinajstić information content (AvgIpc) is 2.17. The molecule has 0 fully saturated rings. The van der Waals surface area contributed by atoms with Crippen molar-refractivity contribution in [1.29, 1.82) is 0 Å². The first-order valence-electron chi connectivity index (χ1n) is 4.87. The van der Waals surface area contributed by atoms with Crippen molar-refractivity contribution in [3.63, 3.8) is 0 Å². The number of carbonyl (C=O) groups excluding carboxylic acids is 2. The predicted molar refractivity (Wildman–Crippen MR) is 57.0 cm³/mol. The Morgan fingerprint density at radius 1 is 0.938 bits per heavy atom. The van der Waals surface area contributed by atoms with Crippen LogP contribution in [0.2, 0.25) is 0 Å². The number of hydrogen-bond donors (Lipinski definition) is 1. The average molecular weight is 220 g/mol. The van der Waals surface area contributed by atoms with Gasteiger partial charge in [0.05, 0.1) is 6.42 Å². The topological polar surface area (TPSA) is 71.4 Å². The van der Waals surface area contributed by atoms with Gasteiger partial charge in [-0.3, -0.25) is 14.4 Å². The molecule has 1 aromatic carbocycles. The second-order valence-electron chi connectivity index (χ2n) is 3.49. The zero-order valence-corrected chi connectivity index (χ0v) is 8.68. The van der Waals surface area contributed by atoms with Gasteiger partial charge in [0.25, 0.3) is 0 Å². The minimum atomic E-state index is -1.20. The summed E-state index contributed by atoms with van der Waals surface area (Å²) in [6.45, 7) is 0. The summed E-state index contributed by atoms with van der Waals surface area (Å²) in [5, 5.41) is 8.35. The van der Waals surface area contributed by atoms with Crippen molar-refractivity contribution in [2.45, 2.75) is 19.3 Å². The number of rotatable bonds is 6. The molecule has 0 spiro atoms. The van der Waals surface area contributed by atoms with E-state index < -0.39 is 18.2 Å². The third-order valence-corrected chi connectivity index (χ3v) is 1.99. The predicted octanol–water partition coefficient (Wildman–Crippen LogP) is 1.23. The Kier molecular flexibility index (Phi) is 4.39. The first-order valence-corrected chi connectivity index (χ1v) is 4.87. The summed E-state index contributed by atoms with van der Waals surface area (Å²) >= 11 is 0. The van der Waals surface area contributed by atoms with Crippen molar-refractivity contribution in [2.75, 3.05) is 0 Å². The van der Waals surface area contributed by atoms with Crippen LogP contribution in [-0.2, 0) is 20.8 Å². The number of carboxylic acids is 1. The van der Waals surface area contributed by atoms with Crippen LogP contribution in [0.3, 0.4) is 0 Å². The summed E-state index contributed by atoms with van der Waals surface area (Å²) in [7, 11) is 0. The minimum absolute atomic E-state index is 0.173. The molecule has 0 aliphatic heterocycles. The van der Waals surface area contributed by atoms with Crippen LogP contribution in [0.5, 0.6) is 0 Å². The van der Waals surface area contributed by atoms with E-state index in [1.165, 1.54) is 0 Å². The van der Waals surface area contributed by atoms with Crippen molar-refractivity contribution in [3.8, 4) is 0 Å². The van der Waals surface area contributed by atoms with Gasteiger partial charge in [0.15, 0.2) is 5.78 Å². The fourth-order valence-electron chi connectivity index (χ4n) is 1.34. The van der Waals surface area contributed by atoms with Crippen LogP contribution in [-0.4, -0.2) is 22.6 Å². The Bertz CT molecular complexity index is 395. The van der Waals surface area contributed by atoms with Crippen LogP contribution < -0.4 is 0 Å². The summed E-state index contributed by atoms with van der Waals surface area (Å²) in [4.78, 5) is 32.7. The summed E-state index contributed by atoms with van der Waals surface area (Å²) in [5.41, 5.74) is 0.829. The van der Waals surface area contributed by atoms with Gasteiger partial charge in [0.1, 0.15) is 12.2 Å². The second kappa shape index (κ2) is 5.80. The van der Waals surface area contributed by atoms with Crippen molar-refractivity contribution < 1.29 is 19.5 Å². The summed E-state index contributed by atoms with van der Waals surface area (Å²) in [5.74, 6) is -2.00. The highest BCUT2D eigenvalue weighted by molar-refractivity contribution is 6.05. The number of carbonyl (C=O) groups is 3. The van der Waals surface area contributed by atoms with Crippen LogP contribution >= 0.6 is 0 Å². The molecule has 4 nitrogen and oxygen atoms in total. The van der Waals surface area contributed by atoms with Gasteiger partial charge in [-0.2, -0.15) is 0 Å². The Morgan fingerprint density at radius 3 is 2.12 bits per heavy atom. The van der Waals surface area contributed by atoms with Gasteiger partial charge in [-0.15, -0.1) is 0 Å². The standard InChI is InChI=1S/C12H12O4/c13-10(7-11(14)8-12(15)16)6-9-4-2-1-3-5-9/h1-5H,6-8H2,(H,15,16). The molecule has 0 bridgehead atoms. The van der Waals surface area contributed by atoms with Gasteiger partial charge in [-0.1, -0.05) is 30.3 Å². The molecule has 0 aromatic heterocycles. The second-order valence-corrected chi connectivity index (χ2v) is 3.49. The first-order chi connectivity index (χ1) is 7.58. The fourth-order valence-corrected chi connectivity index (χ4v) is 1.34. The molecule has 0 atom stereocenters. The van der Waals surface area contributed by atoms with E-state index in [-0.39, 0.29) is 18.6 Å². The summed E-state index contributed by atoms with van der Waals surface area (Å²) in [6, 6.07) is 9.03. The molecule has 0 saturated carbocycles. The van der Waals surface area contributed by atoms with Gasteiger partial charge in [-0.05, 0) is 5.56 Å². The molecule has 16 heavy (non-hydrogen) atoms. The normalized spacial score (nSPS) is 9.75. The van der Waals surface area contributed by atoms with E-state index >= 15 is 0 Å². The number of hydrogen-bond acceptors (Lipinski definition) is 3. The molecule has 0 heterocycles. The van der Waals surface area contributed by atoms with E-state index in [1.807, 2.05) is 18.2 Å². The largest absolute Gasteiger partial charge is 0.481 e. The molecule has 0 aliphatic rings. The van der Waals surface area contributed by atoms with Crippen LogP contribution in [0.1, 0.15) is 18.4 Å². The zero-order chi connectivity index (χ0) is 12.0. The molecule has 1 aromatic rings. The maximum atomic E-state index is 11.4. The molecular formula is C12H12O4. The zero-order valence-electron chi connectivity index (χ0n) is 8.68. The SMILES string of the molecule is O=C(O)CC(=O)CC(=O)Cc1ccccc1. The highest BCUT2D eigenvalue weighted by atomic mass is 16.4. The summed E-state index contributed by atoms with van der Waals surface area (Å²) < 4.78 is 0. The van der Waals surface area contributed by atoms with E-state index in [4.69, 9.17) is 5.11 Å². The minimum Gasteiger partial charge on any atom is -0.481 e. The third kappa shape index (κ3) is 4.50. The van der Waals surface area contributed by atoms with Gasteiger partial charge in [0, 0.05) is 6.42 Å². The molecule has 0 radical (unpaired) electrons. The number of aliphatic carboxylic acids is 1. The maximum Gasteiger partial charge on any atom is 0.310 e. The molecule has 0 saturated heterocycles. The molecule has 0 aliphatic carbocycles. The van der Waals surface area contributed by atoms with Gasteiger partial charge in [-0.25, -0.2) is 0 Å². The van der Waals surface area contributed by atoms with Gasteiger partial charge >= 0.3 is 5.97 Å². The van der Waals surface area contributed by atoms with Crippen molar-refractivity contribution in [2.24, 2.45) is 0 Å². The van der Waals surface area contributed by atoms with Crippen molar-refractivity contribution >= 4 is 17.5 Å². The fraction of sp³-hybridized carbons (Fsp3) is 0.250. The van der Waals surface area contributed by atoms with Crippen LogP contribution in [0.15, 0.2) is 30.3 Å². The van der Waals surface area contributed by atoms with E-state index in [2.05, 4.69) is 0 Å². The molecule has 84 valence electrons. The Balaban J connectivity index is 2.42. The lowest BCUT2D eigenvalue weighted by molar-refractivity contribution is -0.140. The molecular weight excluding hydrogens is 208 g/mol. The van der Waals surface area contributed by atoms with E-state index in [1.54, 1.807) is 12.1 Å². The number of benzene rings is 1. The van der Waals surface area contributed by atoms with E-state index in [0.717, 1.165) is 5.56 Å². The molecule has 0 unspecified atom stereocenters. The number of ketones is 2. The summed E-state index contributed by atoms with van der Waals surface area (Å²) in [6.07, 6.45) is -0.714. The quantitative estimate of drug-likeness (QED) is 0.732. The molecule has 1 rings (SSSR count). The lowest BCUT2D eigenvalue weighted by Gasteiger charge is -1.99. The Morgan fingerprint density at radius 2 is 1.56 bits per heavy atom. The third-order valence-electron chi connectivity index (χ3n) is 1.99. The first kappa shape index (κ1) is 12.1. The smallest absolute Gasteiger partial charge is 0.310 e. The lowest BCUT2D eigenvalue weighted by Crippen LogP contribution is -2.13. The maximum absolute atomic E-state index is 11.4. The van der Waals surface area contributed by atoms with E-state index in [0.29, 0.717) is 0 Å². The monoisotopic (exact) mass is 220 g/mol. The van der Waals surface area contributed by atoms with Crippen LogP contribution in [0.25, 0.3) is 0 Å². The van der Waals surface area contributed by atoms with Crippen LogP contribution in [0, 0.1) is 0 Å². The number of carboxylic acid groups (broad SMARTS) is 1. The highest BCUT2D eigenvalue weighted by Crippen LogP contribution is 2.03. The molecule has 1 N–H and O–H groups in total. The van der Waals surface area contributed by atoms with E-state index in [9.17, 15) is 14.4 Å². The van der Waals surface area contributed by atoms with Crippen LogP contribution in [0.4, 0.5) is 0 Å². The van der Waals surface area contributed by atoms with Crippen molar-refractivity contribution in [1.82, 2.24) is 0 Å². The van der Waals surface area contributed by atoms with Gasteiger partial charge in [0.2, 0.25) is 0 Å². The molecule has 4 heteroatoms. The van der Waals surface area contributed by atoms with Crippen molar-refractivity contribution in [3.05, 3.63) is 35.9 Å². The Labute approximate surface area is 92.9 Å². The van der Waals surface area contributed by atoms with Gasteiger partial charge < -0.3 is 5.11 Å². The molecule has 0 amide bonds. The Hall–Kier alpha value is -1.97. The number of Topliss-reactive ketones (excluding diaryl/α,β-unsaturated/α-hetero) is 2. The highest BCUT2D eigenvalue weighted by Gasteiger charge is 2.13.